The third-order valence-corrected chi connectivity index (χ3v) is 5.36. The molecule has 0 aliphatic rings. The van der Waals surface area contributed by atoms with Crippen molar-refractivity contribution in [3.8, 4) is 5.75 Å². The summed E-state index contributed by atoms with van der Waals surface area (Å²) in [6.07, 6.45) is 0. The van der Waals surface area contributed by atoms with Gasteiger partial charge in [0.2, 0.25) is 5.91 Å². The molecular weight excluding hydrogens is 350 g/mol. The summed E-state index contributed by atoms with van der Waals surface area (Å²) in [5.41, 5.74) is 0.885. The lowest BCUT2D eigenvalue weighted by Crippen LogP contribution is -2.32. The Labute approximate surface area is 146 Å². The lowest BCUT2D eigenvalue weighted by Gasteiger charge is -2.17. The number of amides is 1. The number of carbonyl (C=O) groups is 1. The molecule has 0 saturated heterocycles. The lowest BCUT2D eigenvalue weighted by atomic mass is 10.2. The van der Waals surface area contributed by atoms with Crippen LogP contribution in [-0.4, -0.2) is 39.1 Å². The van der Waals surface area contributed by atoms with Gasteiger partial charge in [0.1, 0.15) is 11.5 Å². The molecule has 0 spiro atoms. The molecule has 0 saturated carbocycles. The first-order chi connectivity index (χ1) is 11.3. The third-order valence-electron chi connectivity index (χ3n) is 3.49. The van der Waals surface area contributed by atoms with Crippen LogP contribution in [0, 0.1) is 0 Å². The average molecular weight is 368 g/mol. The van der Waals surface area contributed by atoms with E-state index in [9.17, 15) is 13.2 Å². The molecule has 7 heteroatoms. The van der Waals surface area contributed by atoms with Crippen molar-refractivity contribution in [1.29, 1.82) is 0 Å². The highest BCUT2D eigenvalue weighted by Gasteiger charge is 2.21. The minimum absolute atomic E-state index is 0.0816. The predicted octanol–water partition coefficient (Wildman–Crippen LogP) is 2.78. The number of methoxy groups -OCH3 is 1. The Balaban J connectivity index is 2.03. The van der Waals surface area contributed by atoms with Crippen molar-refractivity contribution < 1.29 is 17.9 Å². The Morgan fingerprint density at radius 2 is 1.67 bits per heavy atom. The minimum Gasteiger partial charge on any atom is -0.497 e. The van der Waals surface area contributed by atoms with E-state index in [2.05, 4.69) is 0 Å². The molecule has 0 aromatic heterocycles. The highest BCUT2D eigenvalue weighted by atomic mass is 35.5. The lowest BCUT2D eigenvalue weighted by molar-refractivity contribution is -0.127. The van der Waals surface area contributed by atoms with Crippen LogP contribution in [0.1, 0.15) is 5.56 Å². The van der Waals surface area contributed by atoms with E-state index in [1.54, 1.807) is 26.3 Å². The van der Waals surface area contributed by atoms with E-state index in [0.29, 0.717) is 11.6 Å². The van der Waals surface area contributed by atoms with Gasteiger partial charge in [-0.05, 0) is 42.0 Å². The zero-order valence-corrected chi connectivity index (χ0v) is 15.0. The topological polar surface area (TPSA) is 63.7 Å². The minimum atomic E-state index is -3.69. The van der Waals surface area contributed by atoms with E-state index >= 15 is 0 Å². The van der Waals surface area contributed by atoms with Gasteiger partial charge in [-0.3, -0.25) is 4.79 Å². The molecule has 0 bridgehead atoms. The number of ether oxygens (including phenoxy) is 1. The normalized spacial score (nSPS) is 11.1. The fourth-order valence-electron chi connectivity index (χ4n) is 2.09. The molecule has 128 valence electrons. The summed E-state index contributed by atoms with van der Waals surface area (Å²) in [5, 5.41) is 0.442. The molecule has 2 aromatic carbocycles. The molecule has 1 amide bonds. The molecule has 2 aromatic rings. The van der Waals surface area contributed by atoms with Crippen LogP contribution in [-0.2, 0) is 21.2 Å². The molecule has 2 rings (SSSR count). The number of nitrogens with zero attached hydrogens (tertiary/aromatic N) is 1. The highest BCUT2D eigenvalue weighted by molar-refractivity contribution is 7.92. The van der Waals surface area contributed by atoms with Gasteiger partial charge in [0.15, 0.2) is 9.84 Å². The van der Waals surface area contributed by atoms with Gasteiger partial charge in [0.05, 0.1) is 12.0 Å². The van der Waals surface area contributed by atoms with Crippen LogP contribution in [0.4, 0.5) is 0 Å². The third kappa shape index (κ3) is 4.72. The number of rotatable bonds is 6. The Kier molecular flexibility index (Phi) is 5.85. The summed E-state index contributed by atoms with van der Waals surface area (Å²) in [6.45, 7) is 0.318. The first-order valence-corrected chi connectivity index (χ1v) is 9.20. The largest absolute Gasteiger partial charge is 0.497 e. The van der Waals surface area contributed by atoms with Crippen molar-refractivity contribution in [2.24, 2.45) is 0 Å². The number of benzene rings is 2. The van der Waals surface area contributed by atoms with Gasteiger partial charge in [0, 0.05) is 18.6 Å². The first-order valence-electron chi connectivity index (χ1n) is 7.17. The van der Waals surface area contributed by atoms with Crippen molar-refractivity contribution in [1.82, 2.24) is 4.90 Å². The molecule has 0 heterocycles. The molecule has 0 unspecified atom stereocenters. The SMILES string of the molecule is COc1ccc(CN(C)C(=O)CS(=O)(=O)c2ccc(Cl)cc2)cc1. The first kappa shape index (κ1) is 18.3. The molecule has 0 atom stereocenters. The summed E-state index contributed by atoms with van der Waals surface area (Å²) in [5.74, 6) is -0.333. The van der Waals surface area contributed by atoms with Crippen LogP contribution in [0.25, 0.3) is 0 Å². The summed E-state index contributed by atoms with van der Waals surface area (Å²) in [4.78, 5) is 13.7. The van der Waals surface area contributed by atoms with Crippen LogP contribution >= 0.6 is 11.6 Å². The van der Waals surface area contributed by atoms with Crippen molar-refractivity contribution in [3.05, 3.63) is 59.1 Å². The Morgan fingerprint density at radius 3 is 2.21 bits per heavy atom. The Bertz CT molecular complexity index is 801. The summed E-state index contributed by atoms with van der Waals surface area (Å²) in [6, 6.07) is 13.0. The van der Waals surface area contributed by atoms with Crippen molar-refractivity contribution in [3.63, 3.8) is 0 Å². The number of halogens is 1. The quantitative estimate of drug-likeness (QED) is 0.787. The average Bonchev–Trinajstić information content (AvgIpc) is 2.55. The van der Waals surface area contributed by atoms with Crippen LogP contribution in [0.15, 0.2) is 53.4 Å². The van der Waals surface area contributed by atoms with Gasteiger partial charge < -0.3 is 9.64 Å². The molecule has 0 aliphatic carbocycles. The van der Waals surface area contributed by atoms with Crippen LogP contribution in [0.2, 0.25) is 5.02 Å². The van der Waals surface area contributed by atoms with Gasteiger partial charge in [-0.1, -0.05) is 23.7 Å². The van der Waals surface area contributed by atoms with Crippen LogP contribution in [0.5, 0.6) is 5.75 Å². The van der Waals surface area contributed by atoms with Gasteiger partial charge >= 0.3 is 0 Å². The maximum atomic E-state index is 12.3. The molecule has 0 aliphatic heterocycles. The Morgan fingerprint density at radius 1 is 1.08 bits per heavy atom. The van der Waals surface area contributed by atoms with E-state index in [0.717, 1.165) is 11.3 Å². The summed E-state index contributed by atoms with van der Waals surface area (Å²) < 4.78 is 29.6. The van der Waals surface area contributed by atoms with E-state index < -0.39 is 21.5 Å². The second-order valence-electron chi connectivity index (χ2n) is 5.31. The van der Waals surface area contributed by atoms with E-state index in [1.165, 1.54) is 29.2 Å². The molecular formula is C17H18ClNO4S. The van der Waals surface area contributed by atoms with E-state index in [-0.39, 0.29) is 4.90 Å². The standard InChI is InChI=1S/C17H18ClNO4S/c1-19(11-13-3-7-15(23-2)8-4-13)17(20)12-24(21,22)16-9-5-14(18)6-10-16/h3-10H,11-12H2,1-2H3. The monoisotopic (exact) mass is 367 g/mol. The highest BCUT2D eigenvalue weighted by Crippen LogP contribution is 2.17. The fourth-order valence-corrected chi connectivity index (χ4v) is 3.48. The van der Waals surface area contributed by atoms with Gasteiger partial charge in [-0.15, -0.1) is 0 Å². The smallest absolute Gasteiger partial charge is 0.238 e. The molecule has 5 nitrogen and oxygen atoms in total. The van der Waals surface area contributed by atoms with Gasteiger partial charge in [-0.2, -0.15) is 0 Å². The second kappa shape index (κ2) is 7.68. The maximum Gasteiger partial charge on any atom is 0.238 e. The molecule has 0 fully saturated rings. The van der Waals surface area contributed by atoms with Crippen LogP contribution in [0.3, 0.4) is 0 Å². The van der Waals surface area contributed by atoms with Crippen molar-refractivity contribution >= 4 is 27.3 Å². The summed E-state index contributed by atoms with van der Waals surface area (Å²) in [7, 11) is -0.545. The number of sulfone groups is 1. The molecule has 0 N–H and O–H groups in total. The second-order valence-corrected chi connectivity index (χ2v) is 7.74. The number of carbonyl (C=O) groups excluding carboxylic acids is 1. The van der Waals surface area contributed by atoms with Crippen LogP contribution < -0.4 is 4.74 Å². The Hall–Kier alpha value is -2.05. The van der Waals surface area contributed by atoms with E-state index in [4.69, 9.17) is 16.3 Å². The van der Waals surface area contributed by atoms with E-state index in [1.807, 2.05) is 12.1 Å². The zero-order valence-electron chi connectivity index (χ0n) is 13.4. The van der Waals surface area contributed by atoms with Crippen molar-refractivity contribution in [2.75, 3.05) is 19.9 Å². The van der Waals surface area contributed by atoms with Crippen molar-refractivity contribution in [2.45, 2.75) is 11.4 Å². The zero-order chi connectivity index (χ0) is 17.7. The number of hydrogen-bond acceptors (Lipinski definition) is 4. The van der Waals surface area contributed by atoms with Gasteiger partial charge in [0.25, 0.3) is 0 Å². The number of hydrogen-bond donors (Lipinski definition) is 0. The molecule has 24 heavy (non-hydrogen) atoms. The van der Waals surface area contributed by atoms with Gasteiger partial charge in [-0.25, -0.2) is 8.42 Å². The maximum absolute atomic E-state index is 12.3. The fraction of sp³-hybridized carbons (Fsp3) is 0.235. The predicted molar refractivity (Wildman–Crippen MR) is 93.0 cm³/mol. The summed E-state index contributed by atoms with van der Waals surface area (Å²) >= 11 is 5.75. The molecule has 0 radical (unpaired) electrons.